The summed E-state index contributed by atoms with van der Waals surface area (Å²) in [5.74, 6) is 4.73. The van der Waals surface area contributed by atoms with E-state index in [1.807, 2.05) is 18.2 Å². The Morgan fingerprint density at radius 2 is 2.17 bits per heavy atom. The Morgan fingerprint density at radius 1 is 1.39 bits per heavy atom. The molecule has 0 aliphatic carbocycles. The minimum absolute atomic E-state index is 0.512. The van der Waals surface area contributed by atoms with E-state index in [1.165, 1.54) is 7.11 Å². The molecule has 18 heavy (non-hydrogen) atoms. The zero-order valence-electron chi connectivity index (χ0n) is 10.4. The largest absolute Gasteiger partial charge is 0.459 e. The molecule has 1 aliphatic rings. The quantitative estimate of drug-likeness (QED) is 0.581. The third-order valence-corrected chi connectivity index (χ3v) is 2.82. The molecule has 1 N–H and O–H groups in total. The van der Waals surface area contributed by atoms with Crippen LogP contribution in [-0.4, -0.2) is 39.3 Å². The summed E-state index contributed by atoms with van der Waals surface area (Å²) in [5.41, 5.74) is 1.98. The fraction of sp³-hybridized carbons (Fsp3) is 0.357. The third kappa shape index (κ3) is 3.25. The molecule has 1 saturated heterocycles. The van der Waals surface area contributed by atoms with Crippen LogP contribution >= 0.6 is 0 Å². The van der Waals surface area contributed by atoms with E-state index in [0.29, 0.717) is 0 Å². The molecule has 0 amide bonds. The first-order valence-electron chi connectivity index (χ1n) is 5.95. The van der Waals surface area contributed by atoms with Crippen molar-refractivity contribution < 1.29 is 9.53 Å². The monoisotopic (exact) mass is 244 g/mol. The molecule has 1 aromatic rings. The number of benzene rings is 1. The number of hydrogen-bond acceptors (Lipinski definition) is 4. The van der Waals surface area contributed by atoms with Crippen molar-refractivity contribution in [2.75, 3.05) is 38.2 Å². The molecule has 0 spiro atoms. The lowest BCUT2D eigenvalue weighted by molar-refractivity contribution is -0.133. The number of piperazine rings is 1. The van der Waals surface area contributed by atoms with Crippen LogP contribution in [0, 0.1) is 11.8 Å². The summed E-state index contributed by atoms with van der Waals surface area (Å²) in [6.07, 6.45) is 0. The number of hydrogen-bond donors (Lipinski definition) is 1. The standard InChI is InChI=1S/C14H16N2O2/c1-18-14(17)6-5-12-3-2-4-13(11-12)16-9-7-15-8-10-16/h2-4,11,15H,7-10H2,1H3. The molecule has 0 radical (unpaired) electrons. The lowest BCUT2D eigenvalue weighted by atomic mass is 10.2. The molecule has 0 bridgehead atoms. The van der Waals surface area contributed by atoms with Gasteiger partial charge in [0, 0.05) is 43.4 Å². The summed E-state index contributed by atoms with van der Waals surface area (Å²) in [4.78, 5) is 13.3. The zero-order valence-corrected chi connectivity index (χ0v) is 10.4. The summed E-state index contributed by atoms with van der Waals surface area (Å²) >= 11 is 0. The van der Waals surface area contributed by atoms with Crippen LogP contribution in [0.1, 0.15) is 5.56 Å². The van der Waals surface area contributed by atoms with Crippen LogP contribution in [0.2, 0.25) is 0 Å². The van der Waals surface area contributed by atoms with E-state index in [1.54, 1.807) is 0 Å². The van der Waals surface area contributed by atoms with Crippen LogP contribution in [0.3, 0.4) is 0 Å². The third-order valence-electron chi connectivity index (χ3n) is 2.82. The molecule has 1 aliphatic heterocycles. The van der Waals surface area contributed by atoms with E-state index < -0.39 is 5.97 Å². The highest BCUT2D eigenvalue weighted by Crippen LogP contribution is 2.16. The van der Waals surface area contributed by atoms with Gasteiger partial charge in [-0.15, -0.1) is 0 Å². The van der Waals surface area contributed by atoms with Gasteiger partial charge in [-0.05, 0) is 18.2 Å². The topological polar surface area (TPSA) is 41.6 Å². The second-order valence-corrected chi connectivity index (χ2v) is 4.03. The first-order chi connectivity index (χ1) is 8.79. The molecular formula is C14H16N2O2. The van der Waals surface area contributed by atoms with Gasteiger partial charge in [-0.3, -0.25) is 0 Å². The van der Waals surface area contributed by atoms with Gasteiger partial charge in [-0.1, -0.05) is 12.0 Å². The molecule has 1 aromatic carbocycles. The second-order valence-electron chi connectivity index (χ2n) is 4.03. The van der Waals surface area contributed by atoms with Gasteiger partial charge in [0.05, 0.1) is 7.11 Å². The molecule has 2 rings (SSSR count). The predicted octanol–water partition coefficient (Wildman–Crippen LogP) is 0.621. The van der Waals surface area contributed by atoms with Crippen LogP contribution in [-0.2, 0) is 9.53 Å². The molecule has 1 fully saturated rings. The Morgan fingerprint density at radius 3 is 2.89 bits per heavy atom. The lowest BCUT2D eigenvalue weighted by Crippen LogP contribution is -2.43. The molecular weight excluding hydrogens is 228 g/mol. The van der Waals surface area contributed by atoms with E-state index in [2.05, 4.69) is 32.9 Å². The fourth-order valence-electron chi connectivity index (χ4n) is 1.88. The van der Waals surface area contributed by atoms with E-state index in [-0.39, 0.29) is 0 Å². The summed E-state index contributed by atoms with van der Waals surface area (Å²) in [7, 11) is 1.33. The SMILES string of the molecule is COC(=O)C#Cc1cccc(N2CCNCC2)c1. The molecule has 0 saturated carbocycles. The number of nitrogens with one attached hydrogen (secondary N) is 1. The summed E-state index contributed by atoms with van der Waals surface area (Å²) < 4.78 is 4.49. The number of methoxy groups -OCH3 is 1. The molecule has 94 valence electrons. The van der Waals surface area contributed by atoms with Crippen LogP contribution in [0.4, 0.5) is 5.69 Å². The van der Waals surface area contributed by atoms with Crippen molar-refractivity contribution in [1.29, 1.82) is 0 Å². The van der Waals surface area contributed by atoms with Crippen molar-refractivity contribution in [1.82, 2.24) is 5.32 Å². The van der Waals surface area contributed by atoms with Crippen LogP contribution in [0.5, 0.6) is 0 Å². The van der Waals surface area contributed by atoms with Gasteiger partial charge in [0.1, 0.15) is 0 Å². The average Bonchev–Trinajstić information content (AvgIpc) is 2.46. The maximum atomic E-state index is 11.0. The number of esters is 1. The number of carbonyl (C=O) groups is 1. The van der Waals surface area contributed by atoms with Gasteiger partial charge in [-0.2, -0.15) is 0 Å². The molecule has 0 aromatic heterocycles. The molecule has 4 heteroatoms. The molecule has 4 nitrogen and oxygen atoms in total. The number of ether oxygens (including phenoxy) is 1. The summed E-state index contributed by atoms with van der Waals surface area (Å²) in [6.45, 7) is 3.98. The average molecular weight is 244 g/mol. The first-order valence-corrected chi connectivity index (χ1v) is 5.95. The first kappa shape index (κ1) is 12.5. The van der Waals surface area contributed by atoms with Crippen molar-refractivity contribution >= 4 is 11.7 Å². The highest BCUT2D eigenvalue weighted by molar-refractivity contribution is 5.89. The Kier molecular flexibility index (Phi) is 4.21. The number of rotatable bonds is 1. The Hall–Kier alpha value is -1.99. The van der Waals surface area contributed by atoms with E-state index >= 15 is 0 Å². The Labute approximate surface area is 107 Å². The van der Waals surface area contributed by atoms with Gasteiger partial charge in [0.15, 0.2) is 0 Å². The number of carbonyl (C=O) groups excluding carboxylic acids is 1. The van der Waals surface area contributed by atoms with E-state index in [9.17, 15) is 4.79 Å². The zero-order chi connectivity index (χ0) is 12.8. The van der Waals surface area contributed by atoms with Gasteiger partial charge in [-0.25, -0.2) is 4.79 Å². The summed E-state index contributed by atoms with van der Waals surface area (Å²) in [6, 6.07) is 7.91. The number of nitrogens with zero attached hydrogens (tertiary/aromatic N) is 1. The van der Waals surface area contributed by atoms with Gasteiger partial charge in [0.2, 0.25) is 0 Å². The van der Waals surface area contributed by atoms with Crippen LogP contribution < -0.4 is 10.2 Å². The molecule has 0 unspecified atom stereocenters. The number of anilines is 1. The van der Waals surface area contributed by atoms with Crippen molar-refractivity contribution in [3.05, 3.63) is 29.8 Å². The van der Waals surface area contributed by atoms with Crippen molar-refractivity contribution in [2.24, 2.45) is 0 Å². The smallest absolute Gasteiger partial charge is 0.384 e. The van der Waals surface area contributed by atoms with Gasteiger partial charge < -0.3 is 15.0 Å². The second kappa shape index (κ2) is 6.08. The lowest BCUT2D eigenvalue weighted by Gasteiger charge is -2.29. The highest BCUT2D eigenvalue weighted by atomic mass is 16.5. The fourth-order valence-corrected chi connectivity index (χ4v) is 1.88. The summed E-state index contributed by atoms with van der Waals surface area (Å²) in [5, 5.41) is 3.32. The van der Waals surface area contributed by atoms with Gasteiger partial charge >= 0.3 is 5.97 Å². The Bertz CT molecular complexity index is 482. The minimum atomic E-state index is -0.512. The maximum absolute atomic E-state index is 11.0. The normalized spacial score (nSPS) is 14.6. The molecule has 0 atom stereocenters. The minimum Gasteiger partial charge on any atom is -0.459 e. The van der Waals surface area contributed by atoms with Gasteiger partial charge in [0.25, 0.3) is 0 Å². The maximum Gasteiger partial charge on any atom is 0.384 e. The Balaban J connectivity index is 2.13. The van der Waals surface area contributed by atoms with Crippen LogP contribution in [0.25, 0.3) is 0 Å². The molecule has 1 heterocycles. The van der Waals surface area contributed by atoms with Crippen LogP contribution in [0.15, 0.2) is 24.3 Å². The van der Waals surface area contributed by atoms with E-state index in [4.69, 9.17) is 0 Å². The van der Waals surface area contributed by atoms with Crippen molar-refractivity contribution in [3.8, 4) is 11.8 Å². The van der Waals surface area contributed by atoms with Crippen molar-refractivity contribution in [2.45, 2.75) is 0 Å². The van der Waals surface area contributed by atoms with Crippen molar-refractivity contribution in [3.63, 3.8) is 0 Å². The predicted molar refractivity (Wildman–Crippen MR) is 70.4 cm³/mol. The highest BCUT2D eigenvalue weighted by Gasteiger charge is 2.09. The van der Waals surface area contributed by atoms with E-state index in [0.717, 1.165) is 37.4 Å².